The van der Waals surface area contributed by atoms with E-state index >= 15 is 0 Å². The molecule has 0 saturated carbocycles. The molecule has 0 radical (unpaired) electrons. The van der Waals surface area contributed by atoms with E-state index < -0.39 is 0 Å². The van der Waals surface area contributed by atoms with Crippen molar-refractivity contribution in [3.63, 3.8) is 0 Å². The quantitative estimate of drug-likeness (QED) is 0.643. The van der Waals surface area contributed by atoms with E-state index in [1.165, 1.54) is 11.8 Å². The maximum absolute atomic E-state index is 12.9. The summed E-state index contributed by atoms with van der Waals surface area (Å²) in [4.78, 5) is 39.9. The van der Waals surface area contributed by atoms with E-state index in [4.69, 9.17) is 0 Å². The Balaban J connectivity index is 1.52. The fourth-order valence-electron chi connectivity index (χ4n) is 3.69. The second-order valence-electron chi connectivity index (χ2n) is 7.62. The standard InChI is InChI=1S/C23H24N6O3/c1-15-20(8-5-9-21(15)29-11-10-28(16(2)30)23(29)32)26-22(31)17-6-4-7-18(12-17)25-19-13-24-27(3)14-19/h4-9,12-14,25H,10-11H2,1-3H3,(H,26,31). The van der Waals surface area contributed by atoms with Crippen LogP contribution < -0.4 is 15.5 Å². The van der Waals surface area contributed by atoms with Crippen LogP contribution in [0, 0.1) is 6.92 Å². The number of hydrogen-bond donors (Lipinski definition) is 2. The third-order valence-electron chi connectivity index (χ3n) is 5.35. The molecule has 32 heavy (non-hydrogen) atoms. The number of urea groups is 1. The van der Waals surface area contributed by atoms with Crippen molar-refractivity contribution >= 4 is 40.6 Å². The molecule has 0 bridgehead atoms. The molecule has 0 spiro atoms. The number of nitrogens with zero attached hydrogens (tertiary/aromatic N) is 4. The number of carbonyl (C=O) groups is 3. The molecular weight excluding hydrogens is 408 g/mol. The Hall–Kier alpha value is -4.14. The molecule has 4 amide bonds. The van der Waals surface area contributed by atoms with E-state index in [-0.39, 0.29) is 17.8 Å². The maximum atomic E-state index is 12.9. The van der Waals surface area contributed by atoms with Crippen LogP contribution in [0.2, 0.25) is 0 Å². The third-order valence-corrected chi connectivity index (χ3v) is 5.35. The van der Waals surface area contributed by atoms with Gasteiger partial charge in [-0.05, 0) is 42.8 Å². The molecule has 9 heteroatoms. The van der Waals surface area contributed by atoms with E-state index in [0.29, 0.717) is 30.0 Å². The highest BCUT2D eigenvalue weighted by molar-refractivity contribution is 6.07. The van der Waals surface area contributed by atoms with Crippen LogP contribution in [-0.4, -0.2) is 45.6 Å². The second kappa shape index (κ2) is 8.54. The van der Waals surface area contributed by atoms with Crippen LogP contribution in [0.1, 0.15) is 22.8 Å². The van der Waals surface area contributed by atoms with Gasteiger partial charge in [-0.2, -0.15) is 5.10 Å². The smallest absolute Gasteiger partial charge is 0.331 e. The summed E-state index contributed by atoms with van der Waals surface area (Å²) in [5, 5.41) is 10.3. The van der Waals surface area contributed by atoms with Gasteiger partial charge in [0.15, 0.2) is 0 Å². The first kappa shape index (κ1) is 21.1. The molecule has 0 unspecified atom stereocenters. The van der Waals surface area contributed by atoms with Gasteiger partial charge >= 0.3 is 6.03 Å². The molecule has 1 aliphatic heterocycles. The minimum absolute atomic E-state index is 0.266. The van der Waals surface area contributed by atoms with Gasteiger partial charge in [-0.1, -0.05) is 12.1 Å². The number of anilines is 4. The van der Waals surface area contributed by atoms with Gasteiger partial charge in [0, 0.05) is 50.2 Å². The highest BCUT2D eigenvalue weighted by Crippen LogP contribution is 2.30. The van der Waals surface area contributed by atoms with Gasteiger partial charge in [0.05, 0.1) is 17.6 Å². The molecule has 2 heterocycles. The molecule has 1 saturated heterocycles. The van der Waals surface area contributed by atoms with Crippen molar-refractivity contribution in [2.24, 2.45) is 7.05 Å². The van der Waals surface area contributed by atoms with E-state index in [9.17, 15) is 14.4 Å². The molecule has 1 fully saturated rings. The van der Waals surface area contributed by atoms with Crippen molar-refractivity contribution in [2.75, 3.05) is 28.6 Å². The summed E-state index contributed by atoms with van der Waals surface area (Å²) < 4.78 is 1.69. The lowest BCUT2D eigenvalue weighted by molar-refractivity contribution is -0.125. The summed E-state index contributed by atoms with van der Waals surface area (Å²) in [6, 6.07) is 12.2. The number of nitrogens with one attached hydrogen (secondary N) is 2. The first-order valence-electron chi connectivity index (χ1n) is 10.2. The SMILES string of the molecule is CC(=O)N1CCN(c2cccc(NC(=O)c3cccc(Nc4cnn(C)c4)c3)c2C)C1=O. The minimum atomic E-state index is -0.349. The van der Waals surface area contributed by atoms with Crippen LogP contribution in [0.25, 0.3) is 0 Å². The van der Waals surface area contributed by atoms with Crippen molar-refractivity contribution in [2.45, 2.75) is 13.8 Å². The van der Waals surface area contributed by atoms with Crippen molar-refractivity contribution in [3.05, 3.63) is 66.0 Å². The van der Waals surface area contributed by atoms with Crippen molar-refractivity contribution in [3.8, 4) is 0 Å². The molecule has 3 aromatic rings. The predicted octanol–water partition coefficient (Wildman–Crippen LogP) is 3.51. The van der Waals surface area contributed by atoms with Crippen molar-refractivity contribution in [1.29, 1.82) is 0 Å². The van der Waals surface area contributed by atoms with Crippen LogP contribution in [-0.2, 0) is 11.8 Å². The fourth-order valence-corrected chi connectivity index (χ4v) is 3.69. The molecular formula is C23H24N6O3. The molecule has 9 nitrogen and oxygen atoms in total. The number of amides is 4. The number of imide groups is 1. The molecule has 2 N–H and O–H groups in total. The number of hydrogen-bond acceptors (Lipinski definition) is 5. The summed E-state index contributed by atoms with van der Waals surface area (Å²) in [6.07, 6.45) is 3.54. The summed E-state index contributed by atoms with van der Waals surface area (Å²) in [5.74, 6) is -0.544. The Labute approximate surface area is 185 Å². The van der Waals surface area contributed by atoms with E-state index in [1.54, 1.807) is 46.1 Å². The normalized spacial score (nSPS) is 13.4. The molecule has 2 aromatic carbocycles. The average Bonchev–Trinajstić information content (AvgIpc) is 3.35. The molecule has 0 aliphatic carbocycles. The van der Waals surface area contributed by atoms with Crippen molar-refractivity contribution in [1.82, 2.24) is 14.7 Å². The Morgan fingerprint density at radius 1 is 1.06 bits per heavy atom. The second-order valence-corrected chi connectivity index (χ2v) is 7.62. The Bertz CT molecular complexity index is 1200. The van der Waals surface area contributed by atoms with Crippen LogP contribution in [0.4, 0.5) is 27.5 Å². The minimum Gasteiger partial charge on any atom is -0.353 e. The molecule has 164 valence electrons. The lowest BCUT2D eigenvalue weighted by Gasteiger charge is -2.21. The average molecular weight is 432 g/mol. The maximum Gasteiger partial charge on any atom is 0.331 e. The first-order valence-corrected chi connectivity index (χ1v) is 10.2. The predicted molar refractivity (Wildman–Crippen MR) is 122 cm³/mol. The van der Waals surface area contributed by atoms with Gasteiger partial charge in [-0.25, -0.2) is 4.79 Å². The topological polar surface area (TPSA) is 99.6 Å². The summed E-state index contributed by atoms with van der Waals surface area (Å²) in [7, 11) is 1.83. The van der Waals surface area contributed by atoms with E-state index in [0.717, 1.165) is 16.9 Å². The molecule has 4 rings (SSSR count). The van der Waals surface area contributed by atoms with Gasteiger partial charge < -0.3 is 10.6 Å². The van der Waals surface area contributed by atoms with E-state index in [1.807, 2.05) is 32.3 Å². The summed E-state index contributed by atoms with van der Waals surface area (Å²) in [5.41, 5.74) is 4.11. The van der Waals surface area contributed by atoms with Crippen LogP contribution >= 0.6 is 0 Å². The molecule has 1 aromatic heterocycles. The first-order chi connectivity index (χ1) is 15.3. The number of carbonyl (C=O) groups excluding carboxylic acids is 3. The largest absolute Gasteiger partial charge is 0.353 e. The zero-order chi connectivity index (χ0) is 22.8. The lowest BCUT2D eigenvalue weighted by atomic mass is 10.1. The number of benzene rings is 2. The fraction of sp³-hybridized carbons (Fsp3) is 0.217. The highest BCUT2D eigenvalue weighted by atomic mass is 16.2. The zero-order valence-electron chi connectivity index (χ0n) is 18.1. The summed E-state index contributed by atoms with van der Waals surface area (Å²) >= 11 is 0. The Morgan fingerprint density at radius 2 is 1.84 bits per heavy atom. The van der Waals surface area contributed by atoms with Gasteiger partial charge in [0.25, 0.3) is 5.91 Å². The zero-order valence-corrected chi connectivity index (χ0v) is 18.1. The van der Waals surface area contributed by atoms with E-state index in [2.05, 4.69) is 15.7 Å². The van der Waals surface area contributed by atoms with Gasteiger partial charge in [-0.3, -0.25) is 24.1 Å². The highest BCUT2D eigenvalue weighted by Gasteiger charge is 2.33. The number of aryl methyl sites for hydroxylation is 1. The lowest BCUT2D eigenvalue weighted by Crippen LogP contribution is -2.35. The Morgan fingerprint density at radius 3 is 2.53 bits per heavy atom. The van der Waals surface area contributed by atoms with Gasteiger partial charge in [0.2, 0.25) is 5.91 Å². The van der Waals surface area contributed by atoms with Crippen LogP contribution in [0.15, 0.2) is 54.9 Å². The van der Waals surface area contributed by atoms with Crippen LogP contribution in [0.3, 0.4) is 0 Å². The number of rotatable bonds is 5. The Kier molecular flexibility index (Phi) is 5.63. The van der Waals surface area contributed by atoms with Crippen molar-refractivity contribution < 1.29 is 14.4 Å². The third kappa shape index (κ3) is 4.18. The monoisotopic (exact) mass is 432 g/mol. The molecule has 0 atom stereocenters. The summed E-state index contributed by atoms with van der Waals surface area (Å²) in [6.45, 7) is 3.98. The van der Waals surface area contributed by atoms with Crippen LogP contribution in [0.5, 0.6) is 0 Å². The number of aromatic nitrogens is 2. The van der Waals surface area contributed by atoms with Gasteiger partial charge in [0.1, 0.15) is 0 Å². The molecule has 1 aliphatic rings. The van der Waals surface area contributed by atoms with Gasteiger partial charge in [-0.15, -0.1) is 0 Å².